The smallest absolute Gasteiger partial charge is 0.319 e. The molecule has 0 aliphatic heterocycles. The summed E-state index contributed by atoms with van der Waals surface area (Å²) in [6.07, 6.45) is -5.75. The molecule has 1 nitrogen and oxygen atoms in total. The summed E-state index contributed by atoms with van der Waals surface area (Å²) in [4.78, 5) is 0. The highest BCUT2D eigenvalue weighted by Gasteiger charge is 2.62. The summed E-state index contributed by atoms with van der Waals surface area (Å²) in [5, 5.41) is -0.330. The van der Waals surface area contributed by atoms with Crippen molar-refractivity contribution in [2.24, 2.45) is 5.73 Å². The molecule has 1 aromatic carbocycles. The molecule has 0 aromatic heterocycles. The number of alkyl halides is 5. The van der Waals surface area contributed by atoms with Crippen LogP contribution >= 0.6 is 23.2 Å². The molecule has 0 heterocycles. The van der Waals surface area contributed by atoms with Crippen molar-refractivity contribution < 1.29 is 22.0 Å². The summed E-state index contributed by atoms with van der Waals surface area (Å²) in [5.74, 6) is -5.08. The Morgan fingerprint density at radius 2 is 1.59 bits per heavy atom. The van der Waals surface area contributed by atoms with E-state index in [0.717, 1.165) is 12.1 Å². The van der Waals surface area contributed by atoms with Gasteiger partial charge in [0.25, 0.3) is 0 Å². The molecule has 0 aliphatic carbocycles. The number of hydrogen-bond donors (Lipinski definition) is 1. The molecular formula is C9H6Cl2F5N. The highest BCUT2D eigenvalue weighted by Crippen LogP contribution is 2.44. The lowest BCUT2D eigenvalue weighted by Gasteiger charge is -2.26. The number of hydrogen-bond acceptors (Lipinski definition) is 1. The molecule has 1 aromatic rings. The second-order valence-corrected chi connectivity index (χ2v) is 4.11. The van der Waals surface area contributed by atoms with E-state index in [1.54, 1.807) is 0 Å². The first-order chi connectivity index (χ1) is 7.57. The van der Waals surface area contributed by atoms with Crippen LogP contribution in [0.15, 0.2) is 18.2 Å². The largest absolute Gasteiger partial charge is 0.455 e. The zero-order valence-corrected chi connectivity index (χ0v) is 9.54. The SMILES string of the molecule is N[C@H](c1cc(Cl)ccc1Cl)C(F)(F)C(F)(F)F. The molecule has 1 rings (SSSR count). The topological polar surface area (TPSA) is 26.0 Å². The van der Waals surface area contributed by atoms with E-state index in [9.17, 15) is 22.0 Å². The Morgan fingerprint density at radius 1 is 1.06 bits per heavy atom. The van der Waals surface area contributed by atoms with Crippen LogP contribution < -0.4 is 5.73 Å². The van der Waals surface area contributed by atoms with Gasteiger partial charge >= 0.3 is 12.1 Å². The summed E-state index contributed by atoms with van der Waals surface area (Å²) in [6.45, 7) is 0. The van der Waals surface area contributed by atoms with E-state index in [-0.39, 0.29) is 10.0 Å². The molecule has 0 bridgehead atoms. The van der Waals surface area contributed by atoms with Gasteiger partial charge in [0.15, 0.2) is 0 Å². The van der Waals surface area contributed by atoms with Crippen molar-refractivity contribution in [3.8, 4) is 0 Å². The van der Waals surface area contributed by atoms with Gasteiger partial charge in [-0.1, -0.05) is 23.2 Å². The highest BCUT2D eigenvalue weighted by molar-refractivity contribution is 6.33. The van der Waals surface area contributed by atoms with Crippen LogP contribution in [-0.2, 0) is 0 Å². The van der Waals surface area contributed by atoms with Crippen LogP contribution in [0.2, 0.25) is 10.0 Å². The molecule has 1 atom stereocenters. The second kappa shape index (κ2) is 4.59. The normalized spacial score (nSPS) is 14.8. The predicted octanol–water partition coefficient (Wildman–Crippen LogP) is 4.19. The maximum atomic E-state index is 13.0. The van der Waals surface area contributed by atoms with Gasteiger partial charge in [-0.3, -0.25) is 0 Å². The lowest BCUT2D eigenvalue weighted by molar-refractivity contribution is -0.290. The van der Waals surface area contributed by atoms with Crippen LogP contribution in [0.3, 0.4) is 0 Å². The summed E-state index contributed by atoms with van der Waals surface area (Å²) < 4.78 is 62.2. The Bertz CT molecular complexity index is 418. The third kappa shape index (κ3) is 2.81. The fourth-order valence-electron chi connectivity index (χ4n) is 1.12. The number of benzene rings is 1. The van der Waals surface area contributed by atoms with Crippen molar-refractivity contribution in [1.82, 2.24) is 0 Å². The second-order valence-electron chi connectivity index (χ2n) is 3.26. The average Bonchev–Trinajstić information content (AvgIpc) is 2.19. The van der Waals surface area contributed by atoms with Crippen LogP contribution in [0.25, 0.3) is 0 Å². The molecule has 0 fully saturated rings. The first-order valence-corrected chi connectivity index (χ1v) is 4.98. The predicted molar refractivity (Wildman–Crippen MR) is 54.4 cm³/mol. The van der Waals surface area contributed by atoms with E-state index >= 15 is 0 Å². The highest BCUT2D eigenvalue weighted by atomic mass is 35.5. The van der Waals surface area contributed by atoms with Crippen molar-refractivity contribution in [3.05, 3.63) is 33.8 Å². The first kappa shape index (κ1) is 14.5. The van der Waals surface area contributed by atoms with Gasteiger partial charge in [-0.05, 0) is 23.8 Å². The molecule has 96 valence electrons. The zero-order valence-electron chi connectivity index (χ0n) is 8.03. The maximum Gasteiger partial charge on any atom is 0.455 e. The van der Waals surface area contributed by atoms with Gasteiger partial charge in [-0.15, -0.1) is 0 Å². The zero-order chi connectivity index (χ0) is 13.4. The summed E-state index contributed by atoms with van der Waals surface area (Å²) in [5.41, 5.74) is 4.36. The standard InChI is InChI=1S/C9H6Cl2F5N/c10-4-1-2-6(11)5(3-4)7(17)8(12,13)9(14,15)16/h1-3,7H,17H2/t7-/m1/s1. The average molecular weight is 294 g/mol. The van der Waals surface area contributed by atoms with Crippen LogP contribution in [0.1, 0.15) is 11.6 Å². The van der Waals surface area contributed by atoms with Gasteiger partial charge in [0.2, 0.25) is 0 Å². The summed E-state index contributed by atoms with van der Waals surface area (Å²) in [6, 6.07) is 0.639. The van der Waals surface area contributed by atoms with E-state index in [0.29, 0.717) is 0 Å². The van der Waals surface area contributed by atoms with Crippen molar-refractivity contribution in [3.63, 3.8) is 0 Å². The minimum absolute atomic E-state index is 0.0298. The Kier molecular flexibility index (Phi) is 3.91. The molecule has 0 spiro atoms. The third-order valence-corrected chi connectivity index (χ3v) is 2.64. The van der Waals surface area contributed by atoms with Gasteiger partial charge in [-0.2, -0.15) is 22.0 Å². The van der Waals surface area contributed by atoms with Gasteiger partial charge in [0.05, 0.1) is 0 Å². The molecule has 0 aliphatic rings. The minimum atomic E-state index is -5.75. The first-order valence-electron chi connectivity index (χ1n) is 4.22. The van der Waals surface area contributed by atoms with Crippen molar-refractivity contribution >= 4 is 23.2 Å². The monoisotopic (exact) mass is 293 g/mol. The van der Waals surface area contributed by atoms with Gasteiger partial charge in [-0.25, -0.2) is 0 Å². The number of halogens is 7. The Hall–Kier alpha value is -0.590. The van der Waals surface area contributed by atoms with Crippen molar-refractivity contribution in [1.29, 1.82) is 0 Å². The van der Waals surface area contributed by atoms with Crippen LogP contribution in [0.5, 0.6) is 0 Å². The summed E-state index contributed by atoms with van der Waals surface area (Å²) >= 11 is 11.0. The van der Waals surface area contributed by atoms with Crippen molar-refractivity contribution in [2.75, 3.05) is 0 Å². The molecule has 2 N–H and O–H groups in total. The molecule has 17 heavy (non-hydrogen) atoms. The van der Waals surface area contributed by atoms with Gasteiger partial charge in [0.1, 0.15) is 6.04 Å². The fraction of sp³-hybridized carbons (Fsp3) is 0.333. The van der Waals surface area contributed by atoms with E-state index in [2.05, 4.69) is 0 Å². The fourth-order valence-corrected chi connectivity index (χ4v) is 1.54. The molecule has 8 heteroatoms. The number of nitrogens with two attached hydrogens (primary N) is 1. The lowest BCUT2D eigenvalue weighted by atomic mass is 10.0. The van der Waals surface area contributed by atoms with Crippen LogP contribution in [0.4, 0.5) is 22.0 Å². The minimum Gasteiger partial charge on any atom is -0.319 e. The van der Waals surface area contributed by atoms with Gasteiger partial charge < -0.3 is 5.73 Å². The summed E-state index contributed by atoms with van der Waals surface area (Å²) in [7, 11) is 0. The quantitative estimate of drug-likeness (QED) is 0.813. The Balaban J connectivity index is 3.21. The molecule has 0 saturated heterocycles. The van der Waals surface area contributed by atoms with Crippen LogP contribution in [-0.4, -0.2) is 12.1 Å². The van der Waals surface area contributed by atoms with E-state index in [4.69, 9.17) is 28.9 Å². The molecule has 0 amide bonds. The van der Waals surface area contributed by atoms with Gasteiger partial charge in [0, 0.05) is 10.0 Å². The molecule has 0 radical (unpaired) electrons. The van der Waals surface area contributed by atoms with Crippen LogP contribution in [0, 0.1) is 0 Å². The van der Waals surface area contributed by atoms with E-state index < -0.39 is 23.7 Å². The van der Waals surface area contributed by atoms with E-state index in [1.807, 2.05) is 0 Å². The Labute approximate surface area is 103 Å². The number of rotatable bonds is 2. The van der Waals surface area contributed by atoms with E-state index in [1.165, 1.54) is 6.07 Å². The molecule has 0 unspecified atom stereocenters. The maximum absolute atomic E-state index is 13.0. The third-order valence-electron chi connectivity index (χ3n) is 2.06. The van der Waals surface area contributed by atoms with Crippen molar-refractivity contribution in [2.45, 2.75) is 18.1 Å². The Morgan fingerprint density at radius 3 is 2.06 bits per heavy atom. The molecular weight excluding hydrogens is 288 g/mol. The molecule has 0 saturated carbocycles. The lowest BCUT2D eigenvalue weighted by Crippen LogP contribution is -2.45.